The molecule has 1 aliphatic rings. The zero-order valence-electron chi connectivity index (χ0n) is 16.4. The van der Waals surface area contributed by atoms with E-state index in [1.54, 1.807) is 0 Å². The van der Waals surface area contributed by atoms with Crippen LogP contribution in [0.4, 0.5) is 0 Å². The smallest absolute Gasteiger partial charge is 0.270 e. The number of aromatic nitrogens is 2. The fourth-order valence-electron chi connectivity index (χ4n) is 4.15. The van der Waals surface area contributed by atoms with Crippen molar-refractivity contribution in [2.24, 2.45) is 0 Å². The van der Waals surface area contributed by atoms with Crippen molar-refractivity contribution in [1.29, 1.82) is 0 Å². The monoisotopic (exact) mass is 355 g/mol. The third-order valence-corrected chi connectivity index (χ3v) is 5.67. The minimum absolute atomic E-state index is 0.0256. The van der Waals surface area contributed by atoms with Gasteiger partial charge in [0.25, 0.3) is 5.91 Å². The first-order valence-corrected chi connectivity index (χ1v) is 10.4. The Morgan fingerprint density at radius 3 is 2.19 bits per heavy atom. The van der Waals surface area contributed by atoms with E-state index in [-0.39, 0.29) is 11.9 Å². The first-order chi connectivity index (χ1) is 12.7. The molecule has 4 heteroatoms. The normalized spacial score (nSPS) is 18.2. The number of carbonyl (C=O) groups excluding carboxylic acids is 1. The maximum Gasteiger partial charge on any atom is 0.270 e. The molecular weight excluding hydrogens is 322 g/mol. The molecule has 0 saturated heterocycles. The zero-order chi connectivity index (χ0) is 18.4. The van der Waals surface area contributed by atoms with Crippen molar-refractivity contribution in [3.8, 4) is 0 Å². The maximum absolute atomic E-state index is 13.0. The molecule has 0 atom stereocenters. The second-order valence-electron chi connectivity index (χ2n) is 7.86. The topological polar surface area (TPSA) is 46.4 Å². The van der Waals surface area contributed by atoms with Crippen LogP contribution in [0.5, 0.6) is 0 Å². The van der Waals surface area contributed by atoms with Gasteiger partial charge in [-0.15, -0.1) is 0 Å². The standard InChI is InChI=1S/C22H33N3O/c1-17-13-12-16-25-20(18(2)23-21(17)25)22(26)24-19-14-10-8-6-4-3-5-7-9-11-15-19/h12-13,16,19H,3-11,14-15H2,1-2H3,(H,24,26). The summed E-state index contributed by atoms with van der Waals surface area (Å²) in [5.41, 5.74) is 3.48. The van der Waals surface area contributed by atoms with Gasteiger partial charge >= 0.3 is 0 Å². The molecule has 3 rings (SSSR count). The zero-order valence-corrected chi connectivity index (χ0v) is 16.4. The molecule has 1 fully saturated rings. The van der Waals surface area contributed by atoms with Gasteiger partial charge in [-0.2, -0.15) is 0 Å². The molecular formula is C22H33N3O. The number of hydrogen-bond donors (Lipinski definition) is 1. The van der Waals surface area contributed by atoms with Crippen molar-refractivity contribution in [2.75, 3.05) is 0 Å². The van der Waals surface area contributed by atoms with Gasteiger partial charge in [-0.25, -0.2) is 4.98 Å². The van der Waals surface area contributed by atoms with Gasteiger partial charge in [0.05, 0.1) is 5.69 Å². The van der Waals surface area contributed by atoms with Crippen molar-refractivity contribution in [3.05, 3.63) is 35.3 Å². The van der Waals surface area contributed by atoms with Gasteiger partial charge in [-0.05, 0) is 38.3 Å². The van der Waals surface area contributed by atoms with Crippen LogP contribution >= 0.6 is 0 Å². The van der Waals surface area contributed by atoms with Crippen molar-refractivity contribution < 1.29 is 4.79 Å². The van der Waals surface area contributed by atoms with E-state index >= 15 is 0 Å². The third-order valence-electron chi connectivity index (χ3n) is 5.67. The molecule has 1 amide bonds. The molecule has 1 saturated carbocycles. The molecule has 0 bridgehead atoms. The summed E-state index contributed by atoms with van der Waals surface area (Å²) in [6.07, 6.45) is 16.0. The number of pyridine rings is 1. The minimum Gasteiger partial charge on any atom is -0.348 e. The summed E-state index contributed by atoms with van der Waals surface area (Å²) in [6.45, 7) is 3.97. The first kappa shape index (κ1) is 18.9. The first-order valence-electron chi connectivity index (χ1n) is 10.4. The highest BCUT2D eigenvalue weighted by molar-refractivity contribution is 5.95. The molecule has 142 valence electrons. The summed E-state index contributed by atoms with van der Waals surface area (Å²) in [7, 11) is 0. The lowest BCUT2D eigenvalue weighted by Crippen LogP contribution is -2.36. The fourth-order valence-corrected chi connectivity index (χ4v) is 4.15. The summed E-state index contributed by atoms with van der Waals surface area (Å²) in [5, 5.41) is 3.33. The summed E-state index contributed by atoms with van der Waals surface area (Å²) in [5.74, 6) is 0.0256. The Kier molecular flexibility index (Phi) is 6.70. The van der Waals surface area contributed by atoms with E-state index in [0.29, 0.717) is 5.69 Å². The third kappa shape index (κ3) is 4.66. The molecule has 0 aliphatic heterocycles. The lowest BCUT2D eigenvalue weighted by atomic mass is 9.98. The molecule has 0 aromatic carbocycles. The van der Waals surface area contributed by atoms with E-state index in [2.05, 4.69) is 10.3 Å². The number of nitrogens with one attached hydrogen (secondary N) is 1. The lowest BCUT2D eigenvalue weighted by Gasteiger charge is -2.19. The Bertz CT molecular complexity index is 722. The van der Waals surface area contributed by atoms with Crippen molar-refractivity contribution in [1.82, 2.24) is 14.7 Å². The molecule has 2 aromatic heterocycles. The van der Waals surface area contributed by atoms with Crippen LogP contribution in [0.25, 0.3) is 5.65 Å². The molecule has 1 N–H and O–H groups in total. The second kappa shape index (κ2) is 9.20. The van der Waals surface area contributed by atoms with Crippen LogP contribution in [0, 0.1) is 13.8 Å². The van der Waals surface area contributed by atoms with E-state index < -0.39 is 0 Å². The Labute approximate surface area is 157 Å². The molecule has 1 aliphatic carbocycles. The van der Waals surface area contributed by atoms with E-state index in [4.69, 9.17) is 0 Å². The van der Waals surface area contributed by atoms with Crippen molar-refractivity contribution >= 4 is 11.6 Å². The van der Waals surface area contributed by atoms with Crippen LogP contribution in [-0.4, -0.2) is 21.3 Å². The molecule has 26 heavy (non-hydrogen) atoms. The molecule has 0 unspecified atom stereocenters. The van der Waals surface area contributed by atoms with E-state index in [0.717, 1.165) is 29.7 Å². The van der Waals surface area contributed by atoms with E-state index in [1.165, 1.54) is 57.8 Å². The summed E-state index contributed by atoms with van der Waals surface area (Å²) in [6, 6.07) is 4.31. The largest absolute Gasteiger partial charge is 0.348 e. The quantitative estimate of drug-likeness (QED) is 0.789. The molecule has 2 aromatic rings. The number of nitrogens with zero attached hydrogens (tertiary/aromatic N) is 2. The van der Waals surface area contributed by atoms with Crippen LogP contribution in [0.15, 0.2) is 18.3 Å². The Morgan fingerprint density at radius 2 is 1.58 bits per heavy atom. The highest BCUT2D eigenvalue weighted by atomic mass is 16.2. The summed E-state index contributed by atoms with van der Waals surface area (Å²) in [4.78, 5) is 17.6. The van der Waals surface area contributed by atoms with Crippen molar-refractivity contribution in [2.45, 2.75) is 90.5 Å². The summed E-state index contributed by atoms with van der Waals surface area (Å²) < 4.78 is 1.94. The average Bonchev–Trinajstić information content (AvgIpc) is 2.95. The Hall–Kier alpha value is -1.84. The number of hydrogen-bond acceptors (Lipinski definition) is 2. The molecule has 0 spiro atoms. The van der Waals surface area contributed by atoms with Gasteiger partial charge in [-0.1, -0.05) is 63.9 Å². The number of amides is 1. The van der Waals surface area contributed by atoms with Gasteiger partial charge in [0.15, 0.2) is 0 Å². The van der Waals surface area contributed by atoms with Crippen LogP contribution in [0.1, 0.15) is 92.4 Å². The summed E-state index contributed by atoms with van der Waals surface area (Å²) >= 11 is 0. The average molecular weight is 356 g/mol. The van der Waals surface area contributed by atoms with Gasteiger partial charge in [-0.3, -0.25) is 9.20 Å². The van der Waals surface area contributed by atoms with Gasteiger partial charge in [0, 0.05) is 12.2 Å². The molecule has 2 heterocycles. The number of imidazole rings is 1. The van der Waals surface area contributed by atoms with Gasteiger partial charge < -0.3 is 5.32 Å². The number of aryl methyl sites for hydroxylation is 2. The maximum atomic E-state index is 13.0. The van der Waals surface area contributed by atoms with Crippen LogP contribution < -0.4 is 5.32 Å². The fraction of sp³-hybridized carbons (Fsp3) is 0.636. The Morgan fingerprint density at radius 1 is 1.00 bits per heavy atom. The number of rotatable bonds is 2. The molecule has 0 radical (unpaired) electrons. The molecule has 4 nitrogen and oxygen atoms in total. The minimum atomic E-state index is 0.0256. The number of fused-ring (bicyclic) bond motifs is 1. The van der Waals surface area contributed by atoms with Crippen molar-refractivity contribution in [3.63, 3.8) is 0 Å². The van der Waals surface area contributed by atoms with Gasteiger partial charge in [0.2, 0.25) is 0 Å². The predicted octanol–water partition coefficient (Wildman–Crippen LogP) is 5.35. The second-order valence-corrected chi connectivity index (χ2v) is 7.86. The van der Waals surface area contributed by atoms with E-state index in [9.17, 15) is 4.79 Å². The van der Waals surface area contributed by atoms with Crippen LogP contribution in [-0.2, 0) is 0 Å². The van der Waals surface area contributed by atoms with E-state index in [1.807, 2.05) is 36.6 Å². The lowest BCUT2D eigenvalue weighted by molar-refractivity contribution is 0.0924. The van der Waals surface area contributed by atoms with Crippen LogP contribution in [0.2, 0.25) is 0 Å². The highest BCUT2D eigenvalue weighted by Crippen LogP contribution is 2.19. The van der Waals surface area contributed by atoms with Crippen LogP contribution in [0.3, 0.4) is 0 Å². The van der Waals surface area contributed by atoms with Gasteiger partial charge in [0.1, 0.15) is 11.3 Å². The predicted molar refractivity (Wildman–Crippen MR) is 107 cm³/mol. The Balaban J connectivity index is 1.70. The highest BCUT2D eigenvalue weighted by Gasteiger charge is 2.20. The SMILES string of the molecule is Cc1nc2c(C)cccn2c1C(=O)NC1CCCCCCCCCCC1. The number of carbonyl (C=O) groups is 1.